The summed E-state index contributed by atoms with van der Waals surface area (Å²) in [6.45, 7) is 1.96. The Balaban J connectivity index is 1.49. The van der Waals surface area contributed by atoms with Crippen molar-refractivity contribution >= 4 is 11.9 Å². The van der Waals surface area contributed by atoms with Crippen LogP contribution in [0.15, 0.2) is 24.3 Å². The Morgan fingerprint density at radius 1 is 1.18 bits per heavy atom. The molecule has 1 aliphatic carbocycles. The first-order valence-electron chi connectivity index (χ1n) is 11.4. The summed E-state index contributed by atoms with van der Waals surface area (Å²) in [7, 11) is 0. The maximum absolute atomic E-state index is 13.6. The third-order valence-corrected chi connectivity index (χ3v) is 7.19. The molecule has 1 saturated carbocycles. The summed E-state index contributed by atoms with van der Waals surface area (Å²) < 4.78 is 55.3. The number of fused-ring (bicyclic) bond motifs is 1. The van der Waals surface area contributed by atoms with Crippen molar-refractivity contribution in [3.05, 3.63) is 52.6 Å². The summed E-state index contributed by atoms with van der Waals surface area (Å²) in [4.78, 5) is 26.0. The molecule has 1 aromatic heterocycles. The second kappa shape index (κ2) is 9.03. The minimum Gasteiger partial charge on any atom is -0.481 e. The molecule has 0 atom stereocenters. The van der Waals surface area contributed by atoms with Crippen LogP contribution in [0.5, 0.6) is 0 Å². The van der Waals surface area contributed by atoms with E-state index in [-0.39, 0.29) is 49.9 Å². The molecule has 2 aromatic rings. The van der Waals surface area contributed by atoms with Crippen molar-refractivity contribution in [1.29, 1.82) is 0 Å². The van der Waals surface area contributed by atoms with Crippen LogP contribution in [0.25, 0.3) is 0 Å². The number of hydrogen-bond acceptors (Lipinski definition) is 3. The lowest BCUT2D eigenvalue weighted by Crippen LogP contribution is -2.39. The summed E-state index contributed by atoms with van der Waals surface area (Å²) in [6, 6.07) is 5.48. The first-order valence-corrected chi connectivity index (χ1v) is 11.4. The summed E-state index contributed by atoms with van der Waals surface area (Å²) in [5, 5.41) is 13.2. The Hall–Kier alpha value is -2.91. The topological polar surface area (TPSA) is 75.4 Å². The van der Waals surface area contributed by atoms with Crippen molar-refractivity contribution in [2.45, 2.75) is 64.7 Å². The van der Waals surface area contributed by atoms with E-state index >= 15 is 0 Å². The molecule has 0 spiro atoms. The highest BCUT2D eigenvalue weighted by atomic mass is 19.4. The van der Waals surface area contributed by atoms with Crippen LogP contribution in [-0.2, 0) is 35.3 Å². The summed E-state index contributed by atoms with van der Waals surface area (Å²) in [6.07, 6.45) is -2.02. The zero-order valence-corrected chi connectivity index (χ0v) is 18.9. The quantitative estimate of drug-likeness (QED) is 0.631. The lowest BCUT2D eigenvalue weighted by atomic mass is 9.71. The maximum atomic E-state index is 13.6. The molecule has 1 aromatic carbocycles. The molecule has 0 radical (unpaired) electrons. The van der Waals surface area contributed by atoms with Gasteiger partial charge in [0.05, 0.1) is 24.2 Å². The van der Waals surface area contributed by atoms with Gasteiger partial charge in [-0.05, 0) is 62.6 Å². The smallest absolute Gasteiger partial charge is 0.435 e. The Morgan fingerprint density at radius 2 is 1.82 bits per heavy atom. The molecule has 4 rings (SSSR count). The lowest BCUT2D eigenvalue weighted by molar-refractivity contribution is -0.150. The summed E-state index contributed by atoms with van der Waals surface area (Å²) in [5.41, 5.74) is -0.642. The molecule has 10 heteroatoms. The standard InChI is InChI=1S/C24H27F4N3O3/c1-23(22(33)34)9-6-15(7-10-23)12-20(32)30-11-8-18-19(14-30)31(29-21(18)24(26,27)28)13-16-2-4-17(25)5-3-16/h2-5,15H,6-14H2,1H3,(H,33,34). The summed E-state index contributed by atoms with van der Waals surface area (Å²) >= 11 is 0. The lowest BCUT2D eigenvalue weighted by Gasteiger charge is -2.35. The van der Waals surface area contributed by atoms with Gasteiger partial charge in [-0.25, -0.2) is 4.39 Å². The third-order valence-electron chi connectivity index (χ3n) is 7.19. The van der Waals surface area contributed by atoms with Gasteiger partial charge < -0.3 is 10.0 Å². The van der Waals surface area contributed by atoms with Gasteiger partial charge in [0.2, 0.25) is 5.91 Å². The number of benzene rings is 1. The molecule has 1 aliphatic heterocycles. The van der Waals surface area contributed by atoms with E-state index in [2.05, 4.69) is 5.10 Å². The van der Waals surface area contributed by atoms with E-state index in [4.69, 9.17) is 0 Å². The van der Waals surface area contributed by atoms with Crippen LogP contribution in [0.3, 0.4) is 0 Å². The number of hydrogen-bond donors (Lipinski definition) is 1. The first kappa shape index (κ1) is 24.2. The van der Waals surface area contributed by atoms with Crippen molar-refractivity contribution in [3.8, 4) is 0 Å². The summed E-state index contributed by atoms with van der Waals surface area (Å²) in [5.74, 6) is -1.34. The average molecular weight is 481 g/mol. The number of carboxylic acids is 1. The van der Waals surface area contributed by atoms with E-state index in [0.717, 1.165) is 0 Å². The number of carbonyl (C=O) groups excluding carboxylic acids is 1. The van der Waals surface area contributed by atoms with Gasteiger partial charge in [-0.2, -0.15) is 18.3 Å². The SMILES string of the molecule is CC1(C(=O)O)CCC(CC(=O)N2CCc3c(C(F)(F)F)nn(Cc4ccc(F)cc4)c3C2)CC1. The monoisotopic (exact) mass is 481 g/mol. The molecule has 2 aliphatic rings. The predicted octanol–water partition coefficient (Wildman–Crippen LogP) is 4.65. The molecule has 6 nitrogen and oxygen atoms in total. The normalized spacial score (nSPS) is 23.0. The van der Waals surface area contributed by atoms with Crippen LogP contribution in [0, 0.1) is 17.2 Å². The second-order valence-corrected chi connectivity index (χ2v) is 9.63. The Bertz CT molecular complexity index is 1070. The van der Waals surface area contributed by atoms with Gasteiger partial charge in [0.25, 0.3) is 0 Å². The average Bonchev–Trinajstić information content (AvgIpc) is 3.15. The van der Waals surface area contributed by atoms with E-state index in [1.54, 1.807) is 11.8 Å². The molecule has 34 heavy (non-hydrogen) atoms. The van der Waals surface area contributed by atoms with Gasteiger partial charge in [-0.3, -0.25) is 14.3 Å². The van der Waals surface area contributed by atoms with Crippen LogP contribution in [0.1, 0.15) is 61.5 Å². The highest BCUT2D eigenvalue weighted by Gasteiger charge is 2.42. The molecule has 0 saturated heterocycles. The van der Waals surface area contributed by atoms with Crippen molar-refractivity contribution in [3.63, 3.8) is 0 Å². The second-order valence-electron chi connectivity index (χ2n) is 9.63. The number of aromatic nitrogens is 2. The van der Waals surface area contributed by atoms with Crippen molar-refractivity contribution < 1.29 is 32.3 Å². The number of halogens is 4. The van der Waals surface area contributed by atoms with Crippen LogP contribution in [-0.4, -0.2) is 38.2 Å². The zero-order valence-electron chi connectivity index (χ0n) is 18.9. The largest absolute Gasteiger partial charge is 0.481 e. The van der Waals surface area contributed by atoms with Crippen molar-refractivity contribution in [2.75, 3.05) is 6.54 Å². The van der Waals surface area contributed by atoms with Gasteiger partial charge in [0.1, 0.15) is 5.82 Å². The van der Waals surface area contributed by atoms with Crippen molar-refractivity contribution in [1.82, 2.24) is 14.7 Å². The third kappa shape index (κ3) is 4.95. The molecule has 184 valence electrons. The fourth-order valence-corrected chi connectivity index (χ4v) is 4.92. The molecular formula is C24H27F4N3O3. The van der Waals surface area contributed by atoms with E-state index in [1.807, 2.05) is 0 Å². The van der Waals surface area contributed by atoms with E-state index in [1.165, 1.54) is 28.9 Å². The Morgan fingerprint density at radius 3 is 2.41 bits per heavy atom. The highest BCUT2D eigenvalue weighted by Crippen LogP contribution is 2.40. The molecule has 0 bridgehead atoms. The predicted molar refractivity (Wildman–Crippen MR) is 114 cm³/mol. The molecular weight excluding hydrogens is 454 g/mol. The van der Waals surface area contributed by atoms with Crippen molar-refractivity contribution in [2.24, 2.45) is 11.3 Å². The highest BCUT2D eigenvalue weighted by molar-refractivity contribution is 5.77. The zero-order chi connectivity index (χ0) is 24.7. The minimum absolute atomic E-state index is 0.0258. The van der Waals surface area contributed by atoms with Gasteiger partial charge in [0.15, 0.2) is 5.69 Å². The fraction of sp³-hybridized carbons (Fsp3) is 0.542. The van der Waals surface area contributed by atoms with Crippen LogP contribution < -0.4 is 0 Å². The number of rotatable bonds is 5. The molecule has 1 N–H and O–H groups in total. The van der Waals surface area contributed by atoms with Crippen LogP contribution in [0.4, 0.5) is 17.6 Å². The van der Waals surface area contributed by atoms with Gasteiger partial charge >= 0.3 is 12.1 Å². The van der Waals surface area contributed by atoms with Gasteiger partial charge in [0, 0.05) is 18.5 Å². The molecule has 1 fully saturated rings. The minimum atomic E-state index is -4.61. The van der Waals surface area contributed by atoms with Crippen LogP contribution >= 0.6 is 0 Å². The Labute approximate surface area is 194 Å². The molecule has 1 amide bonds. The number of aliphatic carboxylic acids is 1. The van der Waals surface area contributed by atoms with Gasteiger partial charge in [-0.1, -0.05) is 12.1 Å². The first-order chi connectivity index (χ1) is 16.0. The van der Waals surface area contributed by atoms with E-state index in [9.17, 15) is 32.3 Å². The van der Waals surface area contributed by atoms with E-state index in [0.29, 0.717) is 36.9 Å². The number of carboxylic acid groups (broad SMARTS) is 1. The number of alkyl halides is 3. The number of amides is 1. The molecule has 0 unspecified atom stereocenters. The van der Waals surface area contributed by atoms with E-state index < -0.39 is 29.1 Å². The number of carbonyl (C=O) groups is 2. The number of nitrogens with zero attached hydrogens (tertiary/aromatic N) is 3. The maximum Gasteiger partial charge on any atom is 0.435 e. The Kier molecular flexibility index (Phi) is 6.44. The van der Waals surface area contributed by atoms with Gasteiger partial charge in [-0.15, -0.1) is 0 Å². The fourth-order valence-electron chi connectivity index (χ4n) is 4.92. The molecule has 2 heterocycles. The van der Waals surface area contributed by atoms with Crippen LogP contribution in [0.2, 0.25) is 0 Å².